The zero-order chi connectivity index (χ0) is 16.4. The summed E-state index contributed by atoms with van der Waals surface area (Å²) in [6.45, 7) is 1.21. The van der Waals surface area contributed by atoms with Crippen LogP contribution in [0.5, 0.6) is 0 Å². The van der Waals surface area contributed by atoms with Gasteiger partial charge < -0.3 is 5.32 Å². The van der Waals surface area contributed by atoms with Crippen LogP contribution >= 0.6 is 34.8 Å². The van der Waals surface area contributed by atoms with Crippen molar-refractivity contribution in [2.45, 2.75) is 19.9 Å². The summed E-state index contributed by atoms with van der Waals surface area (Å²) in [6, 6.07) is 4.76. The molecule has 9 heteroatoms. The van der Waals surface area contributed by atoms with Crippen LogP contribution < -0.4 is 5.32 Å². The Hall–Kier alpha value is -1.37. The minimum absolute atomic E-state index is 0.154. The third-order valence-corrected chi connectivity index (χ3v) is 3.98. The molecule has 0 saturated heterocycles. The van der Waals surface area contributed by atoms with E-state index in [1.165, 1.54) is 6.92 Å². The summed E-state index contributed by atoms with van der Waals surface area (Å²) in [5.74, 6) is -0.516. The van der Waals surface area contributed by atoms with E-state index in [4.69, 9.17) is 34.8 Å². The number of benzene rings is 1. The molecule has 0 bridgehead atoms. The van der Waals surface area contributed by atoms with Crippen molar-refractivity contribution in [2.75, 3.05) is 5.32 Å². The lowest BCUT2D eigenvalue weighted by atomic mass is 10.3. The Morgan fingerprint density at radius 2 is 1.91 bits per heavy atom. The standard InChI is InChI=1S/C13H10Cl3F2N3O/c1-6-10(16)12(13(17)18)20-21(6)5-9(22)19-11-7(14)3-2-4-8(11)15/h2-4,13H,5H2,1H3,(H,19,22). The average molecular weight is 369 g/mol. The summed E-state index contributed by atoms with van der Waals surface area (Å²) < 4.78 is 26.5. The fourth-order valence-electron chi connectivity index (χ4n) is 1.77. The van der Waals surface area contributed by atoms with E-state index in [1.54, 1.807) is 18.2 Å². The summed E-state index contributed by atoms with van der Waals surface area (Å²) in [5.41, 5.74) is -0.0269. The van der Waals surface area contributed by atoms with Crippen molar-refractivity contribution in [3.05, 3.63) is 44.7 Å². The highest BCUT2D eigenvalue weighted by Gasteiger charge is 2.21. The highest BCUT2D eigenvalue weighted by Crippen LogP contribution is 2.30. The largest absolute Gasteiger partial charge is 0.322 e. The molecule has 1 heterocycles. The summed E-state index contributed by atoms with van der Waals surface area (Å²) in [4.78, 5) is 12.0. The van der Waals surface area contributed by atoms with Gasteiger partial charge in [0.1, 0.15) is 12.2 Å². The van der Waals surface area contributed by atoms with Crippen molar-refractivity contribution in [1.29, 1.82) is 0 Å². The number of aromatic nitrogens is 2. The Labute approximate surface area is 140 Å². The van der Waals surface area contributed by atoms with Crippen LogP contribution in [0.4, 0.5) is 14.5 Å². The maximum absolute atomic E-state index is 12.7. The fourth-order valence-corrected chi connectivity index (χ4v) is 2.48. The molecule has 1 amide bonds. The van der Waals surface area contributed by atoms with Gasteiger partial charge in [-0.25, -0.2) is 8.78 Å². The second-order valence-corrected chi connectivity index (χ2v) is 5.58. The van der Waals surface area contributed by atoms with Gasteiger partial charge in [-0.2, -0.15) is 5.10 Å². The smallest absolute Gasteiger partial charge is 0.283 e. The fraction of sp³-hybridized carbons (Fsp3) is 0.231. The van der Waals surface area contributed by atoms with E-state index in [9.17, 15) is 13.6 Å². The van der Waals surface area contributed by atoms with Gasteiger partial charge in [0.05, 0.1) is 26.4 Å². The van der Waals surface area contributed by atoms with Crippen LogP contribution in [0.1, 0.15) is 17.8 Å². The van der Waals surface area contributed by atoms with Gasteiger partial charge in [-0.05, 0) is 19.1 Å². The zero-order valence-corrected chi connectivity index (χ0v) is 13.5. The molecule has 0 unspecified atom stereocenters. The molecule has 1 N–H and O–H groups in total. The summed E-state index contributed by atoms with van der Waals surface area (Å²) >= 11 is 17.6. The number of rotatable bonds is 4. The normalized spacial score (nSPS) is 11.0. The first-order valence-corrected chi connectivity index (χ1v) is 7.19. The van der Waals surface area contributed by atoms with E-state index in [2.05, 4.69) is 10.4 Å². The number of carbonyl (C=O) groups is 1. The van der Waals surface area contributed by atoms with E-state index < -0.39 is 18.0 Å². The molecule has 0 aliphatic carbocycles. The predicted octanol–water partition coefficient (Wildman–Crippen LogP) is 4.73. The molecule has 0 aliphatic heterocycles. The molecule has 0 atom stereocenters. The highest BCUT2D eigenvalue weighted by atomic mass is 35.5. The Bertz CT molecular complexity index is 699. The van der Waals surface area contributed by atoms with Gasteiger partial charge >= 0.3 is 0 Å². The van der Waals surface area contributed by atoms with Crippen LogP contribution in [0.3, 0.4) is 0 Å². The van der Waals surface area contributed by atoms with E-state index >= 15 is 0 Å². The number of hydrogen-bond donors (Lipinski definition) is 1. The van der Waals surface area contributed by atoms with Crippen LogP contribution in [-0.4, -0.2) is 15.7 Å². The SMILES string of the molecule is Cc1c(Cl)c(C(F)F)nn1CC(=O)Nc1c(Cl)cccc1Cl. The van der Waals surface area contributed by atoms with Crippen molar-refractivity contribution < 1.29 is 13.6 Å². The molecule has 0 spiro atoms. The number of alkyl halides is 2. The molecule has 0 fully saturated rings. The number of nitrogens with one attached hydrogen (secondary N) is 1. The number of halogens is 5. The first-order valence-electron chi connectivity index (χ1n) is 6.06. The van der Waals surface area contributed by atoms with Crippen LogP contribution in [0, 0.1) is 6.92 Å². The molecule has 0 aliphatic rings. The van der Waals surface area contributed by atoms with Gasteiger partial charge in [-0.3, -0.25) is 9.48 Å². The van der Waals surface area contributed by atoms with Crippen molar-refractivity contribution >= 4 is 46.4 Å². The van der Waals surface area contributed by atoms with Crippen LogP contribution in [0.15, 0.2) is 18.2 Å². The topological polar surface area (TPSA) is 46.9 Å². The summed E-state index contributed by atoms with van der Waals surface area (Å²) in [6.07, 6.45) is -2.81. The van der Waals surface area contributed by atoms with Gasteiger partial charge in [-0.1, -0.05) is 40.9 Å². The Balaban J connectivity index is 2.18. The van der Waals surface area contributed by atoms with Gasteiger partial charge in [-0.15, -0.1) is 0 Å². The maximum Gasteiger partial charge on any atom is 0.283 e. The number of carbonyl (C=O) groups excluding carboxylic acids is 1. The molecular formula is C13H10Cl3F2N3O. The third kappa shape index (κ3) is 3.51. The lowest BCUT2D eigenvalue weighted by Crippen LogP contribution is -2.20. The van der Waals surface area contributed by atoms with Crippen molar-refractivity contribution in [1.82, 2.24) is 9.78 Å². The molecule has 2 aromatic rings. The molecule has 2 rings (SSSR count). The van der Waals surface area contributed by atoms with Gasteiger partial charge in [0.25, 0.3) is 6.43 Å². The molecule has 0 saturated carbocycles. The third-order valence-electron chi connectivity index (χ3n) is 2.89. The molecule has 22 heavy (non-hydrogen) atoms. The summed E-state index contributed by atoms with van der Waals surface area (Å²) in [5, 5.41) is 6.54. The monoisotopic (exact) mass is 367 g/mol. The lowest BCUT2D eigenvalue weighted by molar-refractivity contribution is -0.117. The minimum Gasteiger partial charge on any atom is -0.322 e. The van der Waals surface area contributed by atoms with Gasteiger partial charge in [0.2, 0.25) is 5.91 Å². The number of hydrogen-bond acceptors (Lipinski definition) is 2. The summed E-state index contributed by atoms with van der Waals surface area (Å²) in [7, 11) is 0. The predicted molar refractivity (Wildman–Crippen MR) is 82.0 cm³/mol. The van der Waals surface area contributed by atoms with Gasteiger partial charge in [0.15, 0.2) is 0 Å². The lowest BCUT2D eigenvalue weighted by Gasteiger charge is -2.09. The first kappa shape index (κ1) is 17.0. The van der Waals surface area contributed by atoms with Gasteiger partial charge in [0, 0.05) is 0 Å². The minimum atomic E-state index is -2.81. The Morgan fingerprint density at radius 3 is 2.41 bits per heavy atom. The number of anilines is 1. The van der Waals surface area contributed by atoms with E-state index in [1.807, 2.05) is 0 Å². The zero-order valence-electron chi connectivity index (χ0n) is 11.2. The van der Waals surface area contributed by atoms with E-state index in [0.29, 0.717) is 0 Å². The molecule has 1 aromatic heterocycles. The van der Waals surface area contributed by atoms with Crippen LogP contribution in [-0.2, 0) is 11.3 Å². The van der Waals surface area contributed by atoms with Crippen molar-refractivity contribution in [3.8, 4) is 0 Å². The quantitative estimate of drug-likeness (QED) is 0.848. The Kier molecular flexibility index (Phi) is 5.26. The maximum atomic E-state index is 12.7. The number of nitrogens with zero attached hydrogens (tertiary/aromatic N) is 2. The molecule has 0 radical (unpaired) electrons. The number of amides is 1. The van der Waals surface area contributed by atoms with Crippen molar-refractivity contribution in [3.63, 3.8) is 0 Å². The van der Waals surface area contributed by atoms with E-state index in [0.717, 1.165) is 4.68 Å². The van der Waals surface area contributed by atoms with Crippen LogP contribution in [0.2, 0.25) is 15.1 Å². The second kappa shape index (κ2) is 6.81. The second-order valence-electron chi connectivity index (χ2n) is 4.39. The first-order chi connectivity index (χ1) is 10.3. The highest BCUT2D eigenvalue weighted by molar-refractivity contribution is 6.39. The molecule has 1 aromatic carbocycles. The number of para-hydroxylation sites is 1. The Morgan fingerprint density at radius 1 is 1.32 bits per heavy atom. The van der Waals surface area contributed by atoms with E-state index in [-0.39, 0.29) is 33.0 Å². The van der Waals surface area contributed by atoms with Crippen molar-refractivity contribution in [2.24, 2.45) is 0 Å². The molecular weight excluding hydrogens is 359 g/mol. The average Bonchev–Trinajstić information content (AvgIpc) is 2.71. The van der Waals surface area contributed by atoms with Crippen LogP contribution in [0.25, 0.3) is 0 Å². The molecule has 118 valence electrons. The molecule has 4 nitrogen and oxygen atoms in total.